The second kappa shape index (κ2) is 7.62. The fourth-order valence-corrected chi connectivity index (χ4v) is 6.03. The molecule has 2 aromatic carbocycles. The Morgan fingerprint density at radius 1 is 1.16 bits per heavy atom. The van der Waals surface area contributed by atoms with E-state index in [9.17, 15) is 8.42 Å². The summed E-state index contributed by atoms with van der Waals surface area (Å²) < 4.78 is 35.3. The van der Waals surface area contributed by atoms with E-state index in [1.54, 1.807) is 30.5 Å². The molecule has 0 bridgehead atoms. The third kappa shape index (κ3) is 3.56. The van der Waals surface area contributed by atoms with E-state index >= 15 is 0 Å². The van der Waals surface area contributed by atoms with Crippen LogP contribution in [0.3, 0.4) is 0 Å². The number of anilines is 1. The summed E-state index contributed by atoms with van der Waals surface area (Å²) in [6, 6.07) is 14.4. The summed E-state index contributed by atoms with van der Waals surface area (Å²) in [6.07, 6.45) is 5.76. The molecule has 1 unspecified atom stereocenters. The molecule has 0 radical (unpaired) electrons. The van der Waals surface area contributed by atoms with Crippen LogP contribution < -0.4 is 4.72 Å². The number of hydrogen-bond acceptors (Lipinski definition) is 4. The number of rotatable bonds is 5. The van der Waals surface area contributed by atoms with Crippen molar-refractivity contribution >= 4 is 37.6 Å². The molecule has 2 aromatic heterocycles. The summed E-state index contributed by atoms with van der Waals surface area (Å²) in [5.41, 5.74) is 3.31. The van der Waals surface area contributed by atoms with Gasteiger partial charge in [0.1, 0.15) is 16.2 Å². The average molecular weight is 449 g/mol. The molecule has 0 fully saturated rings. The molecular formula is C26H28N2O3S. The number of fused-ring (bicyclic) bond motifs is 4. The first kappa shape index (κ1) is 21.0. The zero-order valence-corrected chi connectivity index (χ0v) is 19.5. The van der Waals surface area contributed by atoms with Crippen LogP contribution in [0.4, 0.5) is 5.69 Å². The van der Waals surface area contributed by atoms with Gasteiger partial charge in [0.25, 0.3) is 10.0 Å². The molecule has 0 saturated carbocycles. The van der Waals surface area contributed by atoms with Crippen molar-refractivity contribution in [2.45, 2.75) is 51.3 Å². The maximum Gasteiger partial charge on any atom is 0.264 e. The van der Waals surface area contributed by atoms with Crippen molar-refractivity contribution in [1.29, 1.82) is 0 Å². The highest BCUT2D eigenvalue weighted by atomic mass is 32.2. The minimum atomic E-state index is -3.79. The van der Waals surface area contributed by atoms with E-state index in [0.29, 0.717) is 17.1 Å². The van der Waals surface area contributed by atoms with Gasteiger partial charge in [0.2, 0.25) is 0 Å². The third-order valence-electron chi connectivity index (χ3n) is 7.20. The topological polar surface area (TPSA) is 72.2 Å². The van der Waals surface area contributed by atoms with E-state index in [0.717, 1.165) is 47.8 Å². The lowest BCUT2D eigenvalue weighted by molar-refractivity contribution is 0.179. The minimum absolute atomic E-state index is 0.176. The Balaban J connectivity index is 1.51. The number of benzene rings is 2. The highest BCUT2D eigenvalue weighted by Crippen LogP contribution is 2.43. The van der Waals surface area contributed by atoms with Crippen LogP contribution in [0.25, 0.3) is 21.9 Å². The zero-order valence-electron chi connectivity index (χ0n) is 18.7. The predicted octanol–water partition coefficient (Wildman–Crippen LogP) is 6.32. The number of aromatic nitrogens is 1. The third-order valence-corrected chi connectivity index (χ3v) is 8.61. The quantitative estimate of drug-likeness (QED) is 0.388. The van der Waals surface area contributed by atoms with Gasteiger partial charge >= 0.3 is 0 Å². The van der Waals surface area contributed by atoms with Gasteiger partial charge in [-0.25, -0.2) is 8.42 Å². The van der Waals surface area contributed by atoms with Crippen LogP contribution in [0.5, 0.6) is 0 Å². The Morgan fingerprint density at radius 2 is 1.97 bits per heavy atom. The number of sulfonamides is 1. The number of para-hydroxylation sites is 1. The fourth-order valence-electron chi connectivity index (χ4n) is 4.80. The first-order chi connectivity index (χ1) is 15.3. The van der Waals surface area contributed by atoms with Gasteiger partial charge in [-0.1, -0.05) is 45.4 Å². The molecule has 4 aromatic rings. The van der Waals surface area contributed by atoms with Crippen molar-refractivity contribution in [3.8, 4) is 0 Å². The number of nitrogens with one attached hydrogen (secondary N) is 1. The van der Waals surface area contributed by atoms with Crippen molar-refractivity contribution in [1.82, 2.24) is 4.98 Å². The van der Waals surface area contributed by atoms with Gasteiger partial charge in [-0.3, -0.25) is 9.71 Å². The van der Waals surface area contributed by atoms with Crippen LogP contribution in [0.2, 0.25) is 0 Å². The molecule has 0 amide bonds. The van der Waals surface area contributed by atoms with Crippen LogP contribution in [0, 0.1) is 11.3 Å². The summed E-state index contributed by atoms with van der Waals surface area (Å²) in [5.74, 6) is 1.63. The fraction of sp³-hybridized carbons (Fsp3) is 0.346. The lowest BCUT2D eigenvalue weighted by Crippen LogP contribution is -2.28. The lowest BCUT2D eigenvalue weighted by Gasteiger charge is -2.36. The van der Waals surface area contributed by atoms with Crippen LogP contribution in [0.15, 0.2) is 64.0 Å². The maximum absolute atomic E-state index is 13.2. The number of hydrogen-bond donors (Lipinski definition) is 1. The molecule has 1 aliphatic rings. The van der Waals surface area contributed by atoms with Crippen LogP contribution in [-0.2, 0) is 22.9 Å². The predicted molar refractivity (Wildman–Crippen MR) is 128 cm³/mol. The van der Waals surface area contributed by atoms with E-state index in [1.807, 2.05) is 24.3 Å². The molecule has 5 rings (SSSR count). The number of aryl methyl sites for hydroxylation is 1. The average Bonchev–Trinajstić information content (AvgIpc) is 3.15. The van der Waals surface area contributed by atoms with Gasteiger partial charge < -0.3 is 4.42 Å². The summed E-state index contributed by atoms with van der Waals surface area (Å²) >= 11 is 0. The highest BCUT2D eigenvalue weighted by Gasteiger charge is 2.33. The molecule has 2 heterocycles. The normalized spacial score (nSPS) is 16.9. The van der Waals surface area contributed by atoms with E-state index in [-0.39, 0.29) is 10.3 Å². The summed E-state index contributed by atoms with van der Waals surface area (Å²) in [7, 11) is -3.79. The van der Waals surface area contributed by atoms with Crippen LogP contribution in [-0.4, -0.2) is 13.4 Å². The van der Waals surface area contributed by atoms with Crippen molar-refractivity contribution in [2.24, 2.45) is 11.3 Å². The molecule has 166 valence electrons. The van der Waals surface area contributed by atoms with Gasteiger partial charge in [0, 0.05) is 34.6 Å². The van der Waals surface area contributed by atoms with E-state index in [2.05, 4.69) is 30.5 Å². The number of furan rings is 1. The Hall–Kier alpha value is -2.86. The van der Waals surface area contributed by atoms with Crippen molar-refractivity contribution in [3.05, 3.63) is 66.1 Å². The van der Waals surface area contributed by atoms with Gasteiger partial charge in [0.15, 0.2) is 0 Å². The molecule has 0 spiro atoms. The summed E-state index contributed by atoms with van der Waals surface area (Å²) in [4.78, 5) is 4.47. The Morgan fingerprint density at radius 3 is 2.78 bits per heavy atom. The van der Waals surface area contributed by atoms with Crippen molar-refractivity contribution in [3.63, 3.8) is 0 Å². The summed E-state index contributed by atoms with van der Waals surface area (Å²) in [6.45, 7) is 6.92. The van der Waals surface area contributed by atoms with Crippen molar-refractivity contribution in [2.75, 3.05) is 4.72 Å². The minimum Gasteiger partial charge on any atom is -0.461 e. The van der Waals surface area contributed by atoms with Crippen molar-refractivity contribution < 1.29 is 12.8 Å². The Bertz CT molecular complexity index is 1410. The van der Waals surface area contributed by atoms with Gasteiger partial charge in [-0.05, 0) is 54.5 Å². The first-order valence-electron chi connectivity index (χ1n) is 11.2. The standard InChI is InChI=1S/C26H28N2O3S/c1-4-26(2,3)18-10-12-22-20(15-18)21-16-19(11-13-23(21)31-22)28-32(29,30)24-9-5-7-17-8-6-14-27-25(17)24/h5-9,11,13-14,16,18,28H,4,10,12,15H2,1-3H3. The molecule has 1 aliphatic carbocycles. The maximum atomic E-state index is 13.2. The molecule has 0 aliphatic heterocycles. The van der Waals surface area contributed by atoms with Crippen LogP contribution in [0.1, 0.15) is 44.9 Å². The SMILES string of the molecule is CCC(C)(C)C1CCc2oc3ccc(NS(=O)(=O)c4cccc5cccnc45)cc3c2C1. The molecule has 1 atom stereocenters. The zero-order chi connectivity index (χ0) is 22.5. The number of nitrogens with zero attached hydrogens (tertiary/aromatic N) is 1. The van der Waals surface area contributed by atoms with Crippen LogP contribution >= 0.6 is 0 Å². The van der Waals surface area contributed by atoms with Gasteiger partial charge in [-0.15, -0.1) is 0 Å². The lowest BCUT2D eigenvalue weighted by atomic mass is 9.69. The highest BCUT2D eigenvalue weighted by molar-refractivity contribution is 7.93. The smallest absolute Gasteiger partial charge is 0.264 e. The molecule has 1 N–H and O–H groups in total. The molecule has 0 saturated heterocycles. The van der Waals surface area contributed by atoms with Gasteiger partial charge in [0.05, 0.1) is 5.52 Å². The summed E-state index contributed by atoms with van der Waals surface area (Å²) in [5, 5.41) is 1.80. The van der Waals surface area contributed by atoms with Gasteiger partial charge in [-0.2, -0.15) is 0 Å². The Labute approximate surface area is 188 Å². The Kier molecular flexibility index (Phi) is 5.01. The molecule has 6 heteroatoms. The monoisotopic (exact) mass is 448 g/mol. The van der Waals surface area contributed by atoms with E-state index < -0.39 is 10.0 Å². The second-order valence-electron chi connectivity index (χ2n) is 9.43. The molecular weight excluding hydrogens is 420 g/mol. The largest absolute Gasteiger partial charge is 0.461 e. The second-order valence-corrected chi connectivity index (χ2v) is 11.1. The van der Waals surface area contributed by atoms with E-state index in [4.69, 9.17) is 4.42 Å². The molecule has 32 heavy (non-hydrogen) atoms. The van der Waals surface area contributed by atoms with E-state index in [1.165, 1.54) is 5.56 Å². The number of pyridine rings is 1. The molecule has 5 nitrogen and oxygen atoms in total. The first-order valence-corrected chi connectivity index (χ1v) is 12.7.